The van der Waals surface area contributed by atoms with Gasteiger partial charge in [-0.05, 0) is 26.3 Å². The molecule has 0 bridgehead atoms. The minimum absolute atomic E-state index is 0.00287. The van der Waals surface area contributed by atoms with Gasteiger partial charge in [0.2, 0.25) is 0 Å². The lowest BCUT2D eigenvalue weighted by Gasteiger charge is -2.23. The number of rotatable bonds is 1. The number of aryl methyl sites for hydroxylation is 1. The highest BCUT2D eigenvalue weighted by Gasteiger charge is 2.19. The number of aromatic amines is 1. The monoisotopic (exact) mass is 193 g/mol. The van der Waals surface area contributed by atoms with E-state index in [4.69, 9.17) is 0 Å². The number of H-pyrrole nitrogens is 1. The Morgan fingerprint density at radius 1 is 1.50 bits per heavy atom. The van der Waals surface area contributed by atoms with Crippen LogP contribution in [0.2, 0.25) is 0 Å². The average Bonchev–Trinajstić information content (AvgIpc) is 2.19. The Kier molecular flexibility index (Phi) is 2.63. The van der Waals surface area contributed by atoms with E-state index in [-0.39, 0.29) is 11.6 Å². The van der Waals surface area contributed by atoms with Crippen molar-refractivity contribution in [1.82, 2.24) is 15.3 Å². The van der Waals surface area contributed by atoms with Gasteiger partial charge >= 0.3 is 0 Å². The number of piperidine rings is 1. The Morgan fingerprint density at radius 2 is 2.36 bits per heavy atom. The van der Waals surface area contributed by atoms with E-state index in [1.807, 2.05) is 6.92 Å². The molecule has 1 saturated heterocycles. The first-order valence-electron chi connectivity index (χ1n) is 5.06. The first-order chi connectivity index (χ1) is 6.79. The molecule has 0 aromatic carbocycles. The summed E-state index contributed by atoms with van der Waals surface area (Å²) in [5.41, 5.74) is 1.65. The fraction of sp³-hybridized carbons (Fsp3) is 0.600. The third-order valence-electron chi connectivity index (χ3n) is 2.75. The molecule has 0 radical (unpaired) electrons. The highest BCUT2D eigenvalue weighted by Crippen LogP contribution is 2.21. The SMILES string of the molecule is Cc1nc[nH]c(=O)c1C1CCCCN1. The first kappa shape index (κ1) is 9.40. The summed E-state index contributed by atoms with van der Waals surface area (Å²) >= 11 is 0. The van der Waals surface area contributed by atoms with Crippen LogP contribution in [-0.4, -0.2) is 16.5 Å². The second-order valence-corrected chi connectivity index (χ2v) is 3.73. The van der Waals surface area contributed by atoms with Crippen LogP contribution < -0.4 is 10.9 Å². The molecule has 0 spiro atoms. The van der Waals surface area contributed by atoms with Crippen LogP contribution in [0.5, 0.6) is 0 Å². The van der Waals surface area contributed by atoms with Crippen LogP contribution in [0, 0.1) is 6.92 Å². The maximum absolute atomic E-state index is 11.6. The molecular weight excluding hydrogens is 178 g/mol. The van der Waals surface area contributed by atoms with E-state index in [1.165, 1.54) is 19.2 Å². The molecule has 1 aromatic rings. The molecule has 0 amide bonds. The van der Waals surface area contributed by atoms with Crippen molar-refractivity contribution >= 4 is 0 Å². The summed E-state index contributed by atoms with van der Waals surface area (Å²) in [6, 6.07) is 0.196. The van der Waals surface area contributed by atoms with E-state index < -0.39 is 0 Å². The number of hydrogen-bond donors (Lipinski definition) is 2. The number of hydrogen-bond acceptors (Lipinski definition) is 3. The highest BCUT2D eigenvalue weighted by atomic mass is 16.1. The molecule has 76 valence electrons. The zero-order valence-corrected chi connectivity index (χ0v) is 8.34. The van der Waals surface area contributed by atoms with Crippen LogP contribution in [0.4, 0.5) is 0 Å². The summed E-state index contributed by atoms with van der Waals surface area (Å²) < 4.78 is 0. The molecule has 2 N–H and O–H groups in total. The van der Waals surface area contributed by atoms with Crippen molar-refractivity contribution in [2.45, 2.75) is 32.2 Å². The molecule has 14 heavy (non-hydrogen) atoms. The van der Waals surface area contributed by atoms with Gasteiger partial charge in [0.05, 0.1) is 11.9 Å². The Bertz CT molecular complexity index is 366. The number of nitrogens with zero attached hydrogens (tertiary/aromatic N) is 1. The zero-order chi connectivity index (χ0) is 9.97. The van der Waals surface area contributed by atoms with Gasteiger partial charge in [0.15, 0.2) is 0 Å². The van der Waals surface area contributed by atoms with E-state index in [0.717, 1.165) is 24.2 Å². The standard InChI is InChI=1S/C10H15N3O/c1-7-9(10(14)13-6-12-7)8-4-2-3-5-11-8/h6,8,11H,2-5H2,1H3,(H,12,13,14). The quantitative estimate of drug-likeness (QED) is 0.696. The summed E-state index contributed by atoms with van der Waals surface area (Å²) in [5, 5.41) is 3.36. The Hall–Kier alpha value is -1.16. The van der Waals surface area contributed by atoms with Crippen LogP contribution in [0.25, 0.3) is 0 Å². The molecule has 1 fully saturated rings. The van der Waals surface area contributed by atoms with Crippen molar-refractivity contribution in [3.63, 3.8) is 0 Å². The van der Waals surface area contributed by atoms with Crippen LogP contribution in [0.15, 0.2) is 11.1 Å². The van der Waals surface area contributed by atoms with Gasteiger partial charge in [0, 0.05) is 11.7 Å². The molecule has 4 heteroatoms. The number of nitrogens with one attached hydrogen (secondary N) is 2. The summed E-state index contributed by atoms with van der Waals surface area (Å²) in [6.07, 6.45) is 4.89. The lowest BCUT2D eigenvalue weighted by atomic mass is 9.97. The van der Waals surface area contributed by atoms with E-state index in [2.05, 4.69) is 15.3 Å². The predicted molar refractivity (Wildman–Crippen MR) is 54.2 cm³/mol. The van der Waals surface area contributed by atoms with Crippen molar-refractivity contribution in [2.24, 2.45) is 0 Å². The highest BCUT2D eigenvalue weighted by molar-refractivity contribution is 5.19. The normalized spacial score (nSPS) is 22.2. The maximum Gasteiger partial charge on any atom is 0.255 e. The molecule has 4 nitrogen and oxygen atoms in total. The minimum atomic E-state index is -0.00287. The summed E-state index contributed by atoms with van der Waals surface area (Å²) in [6.45, 7) is 2.89. The zero-order valence-electron chi connectivity index (χ0n) is 8.34. The van der Waals surface area contributed by atoms with E-state index >= 15 is 0 Å². The van der Waals surface area contributed by atoms with Crippen molar-refractivity contribution < 1.29 is 0 Å². The fourth-order valence-electron chi connectivity index (χ4n) is 2.01. The molecule has 1 aliphatic heterocycles. The fourth-order valence-corrected chi connectivity index (χ4v) is 2.01. The minimum Gasteiger partial charge on any atom is -0.313 e. The third kappa shape index (κ3) is 1.70. The average molecular weight is 193 g/mol. The first-order valence-corrected chi connectivity index (χ1v) is 5.06. The van der Waals surface area contributed by atoms with E-state index in [9.17, 15) is 4.79 Å². The summed E-state index contributed by atoms with van der Waals surface area (Å²) in [5.74, 6) is 0. The van der Waals surface area contributed by atoms with Gasteiger partial charge in [-0.25, -0.2) is 4.98 Å². The van der Waals surface area contributed by atoms with Gasteiger partial charge in [-0.2, -0.15) is 0 Å². The van der Waals surface area contributed by atoms with Gasteiger partial charge < -0.3 is 10.3 Å². The summed E-state index contributed by atoms with van der Waals surface area (Å²) in [7, 11) is 0. The molecule has 1 aliphatic rings. The van der Waals surface area contributed by atoms with Crippen molar-refractivity contribution in [2.75, 3.05) is 6.54 Å². The smallest absolute Gasteiger partial charge is 0.255 e. The Balaban J connectivity index is 2.34. The molecule has 1 aromatic heterocycles. The lowest BCUT2D eigenvalue weighted by Crippen LogP contribution is -2.32. The molecule has 0 aliphatic carbocycles. The molecule has 2 rings (SSSR count). The maximum atomic E-state index is 11.6. The van der Waals surface area contributed by atoms with E-state index in [0.29, 0.717) is 0 Å². The second kappa shape index (κ2) is 3.92. The second-order valence-electron chi connectivity index (χ2n) is 3.73. The van der Waals surface area contributed by atoms with Gasteiger partial charge in [-0.3, -0.25) is 4.79 Å². The largest absolute Gasteiger partial charge is 0.313 e. The molecule has 1 unspecified atom stereocenters. The number of aromatic nitrogens is 2. The molecule has 0 saturated carbocycles. The predicted octanol–water partition coefficient (Wildman–Crippen LogP) is 0.893. The lowest BCUT2D eigenvalue weighted by molar-refractivity contribution is 0.407. The Morgan fingerprint density at radius 3 is 3.00 bits per heavy atom. The van der Waals surface area contributed by atoms with Gasteiger partial charge in [0.1, 0.15) is 0 Å². The van der Waals surface area contributed by atoms with Crippen LogP contribution in [-0.2, 0) is 0 Å². The topological polar surface area (TPSA) is 57.8 Å². The molecular formula is C10H15N3O. The van der Waals surface area contributed by atoms with Gasteiger partial charge in [-0.15, -0.1) is 0 Å². The van der Waals surface area contributed by atoms with Crippen molar-refractivity contribution in [3.05, 3.63) is 27.9 Å². The van der Waals surface area contributed by atoms with Crippen molar-refractivity contribution in [1.29, 1.82) is 0 Å². The van der Waals surface area contributed by atoms with Crippen molar-refractivity contribution in [3.8, 4) is 0 Å². The summed E-state index contributed by atoms with van der Waals surface area (Å²) in [4.78, 5) is 18.4. The molecule has 1 atom stereocenters. The van der Waals surface area contributed by atoms with Gasteiger partial charge in [-0.1, -0.05) is 6.42 Å². The van der Waals surface area contributed by atoms with Crippen LogP contribution >= 0.6 is 0 Å². The van der Waals surface area contributed by atoms with Crippen LogP contribution in [0.3, 0.4) is 0 Å². The Labute approximate surface area is 82.8 Å². The molecule has 2 heterocycles. The van der Waals surface area contributed by atoms with Crippen LogP contribution in [0.1, 0.15) is 36.6 Å². The van der Waals surface area contributed by atoms with Gasteiger partial charge in [0.25, 0.3) is 5.56 Å². The van der Waals surface area contributed by atoms with E-state index in [1.54, 1.807) is 0 Å². The third-order valence-corrected chi connectivity index (χ3v) is 2.75.